The average Bonchev–Trinajstić information content (AvgIpc) is 2.60. The second-order valence-corrected chi connectivity index (χ2v) is 5.72. The number of benzene rings is 1. The van der Waals surface area contributed by atoms with Crippen LogP contribution in [0.15, 0.2) is 22.7 Å². The van der Waals surface area contributed by atoms with Crippen LogP contribution in [-0.4, -0.2) is 17.7 Å². The van der Waals surface area contributed by atoms with Crippen LogP contribution in [0.1, 0.15) is 42.9 Å². The first-order valence-corrected chi connectivity index (χ1v) is 7.15. The van der Waals surface area contributed by atoms with E-state index in [0.29, 0.717) is 0 Å². The zero-order chi connectivity index (χ0) is 12.3. The zero-order valence-corrected chi connectivity index (χ0v) is 11.8. The summed E-state index contributed by atoms with van der Waals surface area (Å²) in [6.07, 6.45) is 4.39. The Morgan fingerprint density at radius 3 is 2.94 bits per heavy atom. The van der Waals surface area contributed by atoms with Crippen molar-refractivity contribution >= 4 is 15.9 Å². The Labute approximate surface area is 112 Å². The van der Waals surface area contributed by atoms with Gasteiger partial charge in [0.1, 0.15) is 0 Å². The zero-order valence-electron chi connectivity index (χ0n) is 10.2. The summed E-state index contributed by atoms with van der Waals surface area (Å²) >= 11 is 3.49. The maximum atomic E-state index is 10.4. The molecule has 0 aliphatic carbocycles. The molecule has 0 bridgehead atoms. The summed E-state index contributed by atoms with van der Waals surface area (Å²) in [5, 5.41) is 13.9. The van der Waals surface area contributed by atoms with E-state index in [9.17, 15) is 5.11 Å². The standard InChI is InChI=1S/C14H20BrNO/c1-10-9-11(6-7-12(10)15)14(17)13-5-3-2-4-8-16-13/h6-7,9,13-14,16-17H,2-5,8H2,1H3. The predicted molar refractivity (Wildman–Crippen MR) is 74.1 cm³/mol. The van der Waals surface area contributed by atoms with E-state index in [1.165, 1.54) is 24.8 Å². The molecule has 1 aromatic rings. The Morgan fingerprint density at radius 2 is 2.18 bits per heavy atom. The highest BCUT2D eigenvalue weighted by Crippen LogP contribution is 2.26. The molecule has 1 aliphatic rings. The fraction of sp³-hybridized carbons (Fsp3) is 0.571. The molecule has 1 heterocycles. The highest BCUT2D eigenvalue weighted by molar-refractivity contribution is 9.10. The fourth-order valence-corrected chi connectivity index (χ4v) is 2.66. The van der Waals surface area contributed by atoms with E-state index in [1.807, 2.05) is 12.1 Å². The number of aliphatic hydroxyl groups is 1. The van der Waals surface area contributed by atoms with Gasteiger partial charge in [-0.2, -0.15) is 0 Å². The smallest absolute Gasteiger partial charge is 0.0943 e. The molecule has 0 aromatic heterocycles. The Hall–Kier alpha value is -0.380. The Morgan fingerprint density at radius 1 is 1.35 bits per heavy atom. The number of nitrogens with one attached hydrogen (secondary N) is 1. The Kier molecular flexibility index (Phi) is 4.60. The number of hydrogen-bond acceptors (Lipinski definition) is 2. The quantitative estimate of drug-likeness (QED) is 0.878. The summed E-state index contributed by atoms with van der Waals surface area (Å²) in [5.74, 6) is 0. The van der Waals surface area contributed by atoms with E-state index in [1.54, 1.807) is 0 Å². The maximum absolute atomic E-state index is 10.4. The number of aryl methyl sites for hydroxylation is 1. The first-order chi connectivity index (χ1) is 8.18. The van der Waals surface area contributed by atoms with Crippen LogP contribution in [0.2, 0.25) is 0 Å². The van der Waals surface area contributed by atoms with Crippen molar-refractivity contribution in [2.45, 2.75) is 44.8 Å². The molecule has 1 saturated heterocycles. The van der Waals surface area contributed by atoms with Crippen LogP contribution < -0.4 is 5.32 Å². The van der Waals surface area contributed by atoms with Crippen molar-refractivity contribution < 1.29 is 5.11 Å². The first kappa shape index (κ1) is 13.1. The summed E-state index contributed by atoms with van der Waals surface area (Å²) < 4.78 is 1.10. The lowest BCUT2D eigenvalue weighted by atomic mass is 9.97. The summed E-state index contributed by atoms with van der Waals surface area (Å²) in [7, 11) is 0. The van der Waals surface area contributed by atoms with Crippen LogP contribution in [0.25, 0.3) is 0 Å². The van der Waals surface area contributed by atoms with Gasteiger partial charge in [-0.3, -0.25) is 0 Å². The minimum atomic E-state index is -0.389. The average molecular weight is 298 g/mol. The molecule has 1 fully saturated rings. The Bertz CT molecular complexity index is 372. The highest BCUT2D eigenvalue weighted by Gasteiger charge is 2.21. The van der Waals surface area contributed by atoms with Gasteiger partial charge in [-0.1, -0.05) is 40.9 Å². The number of rotatable bonds is 2. The van der Waals surface area contributed by atoms with Crippen LogP contribution in [-0.2, 0) is 0 Å². The second kappa shape index (κ2) is 5.98. The van der Waals surface area contributed by atoms with Gasteiger partial charge in [-0.15, -0.1) is 0 Å². The van der Waals surface area contributed by atoms with Crippen LogP contribution in [0.3, 0.4) is 0 Å². The molecule has 2 N–H and O–H groups in total. The van der Waals surface area contributed by atoms with Crippen LogP contribution >= 0.6 is 15.9 Å². The molecule has 2 atom stereocenters. The minimum Gasteiger partial charge on any atom is -0.387 e. The molecule has 94 valence electrons. The van der Waals surface area contributed by atoms with Crippen molar-refractivity contribution in [3.8, 4) is 0 Å². The van der Waals surface area contributed by atoms with E-state index in [-0.39, 0.29) is 12.1 Å². The summed E-state index contributed by atoms with van der Waals surface area (Å²) in [6, 6.07) is 6.30. The van der Waals surface area contributed by atoms with Crippen LogP contribution in [0, 0.1) is 6.92 Å². The molecule has 1 aliphatic heterocycles. The third kappa shape index (κ3) is 3.30. The molecule has 2 nitrogen and oxygen atoms in total. The molecular weight excluding hydrogens is 278 g/mol. The van der Waals surface area contributed by atoms with Gasteiger partial charge >= 0.3 is 0 Å². The minimum absolute atomic E-state index is 0.207. The molecule has 1 aromatic carbocycles. The molecule has 0 saturated carbocycles. The maximum Gasteiger partial charge on any atom is 0.0943 e. The summed E-state index contributed by atoms with van der Waals surface area (Å²) in [4.78, 5) is 0. The molecule has 2 rings (SSSR count). The lowest BCUT2D eigenvalue weighted by Gasteiger charge is -2.23. The predicted octanol–water partition coefficient (Wildman–Crippen LogP) is 3.32. The first-order valence-electron chi connectivity index (χ1n) is 6.36. The number of aliphatic hydroxyl groups excluding tert-OH is 1. The van der Waals surface area contributed by atoms with E-state index in [0.717, 1.165) is 23.0 Å². The van der Waals surface area contributed by atoms with E-state index >= 15 is 0 Å². The normalized spacial score (nSPS) is 23.1. The van der Waals surface area contributed by atoms with E-state index in [2.05, 4.69) is 34.2 Å². The highest BCUT2D eigenvalue weighted by atomic mass is 79.9. The van der Waals surface area contributed by atoms with Gasteiger partial charge in [-0.25, -0.2) is 0 Å². The van der Waals surface area contributed by atoms with Crippen molar-refractivity contribution in [1.82, 2.24) is 5.32 Å². The lowest BCUT2D eigenvalue weighted by molar-refractivity contribution is 0.126. The SMILES string of the molecule is Cc1cc(C(O)C2CCCCCN2)ccc1Br. The topological polar surface area (TPSA) is 32.3 Å². The molecular formula is C14H20BrNO. The van der Waals surface area contributed by atoms with E-state index < -0.39 is 0 Å². The monoisotopic (exact) mass is 297 g/mol. The van der Waals surface area contributed by atoms with Gasteiger partial charge in [0.05, 0.1) is 6.10 Å². The summed E-state index contributed by atoms with van der Waals surface area (Å²) in [5.41, 5.74) is 2.19. The molecule has 17 heavy (non-hydrogen) atoms. The van der Waals surface area contributed by atoms with Gasteiger partial charge in [0.15, 0.2) is 0 Å². The van der Waals surface area contributed by atoms with Gasteiger partial charge < -0.3 is 10.4 Å². The van der Waals surface area contributed by atoms with Crippen molar-refractivity contribution in [3.63, 3.8) is 0 Å². The molecule has 2 unspecified atom stereocenters. The lowest BCUT2D eigenvalue weighted by Crippen LogP contribution is -2.34. The number of hydrogen-bond donors (Lipinski definition) is 2. The molecule has 0 amide bonds. The van der Waals surface area contributed by atoms with Gasteiger partial charge in [0.2, 0.25) is 0 Å². The van der Waals surface area contributed by atoms with Crippen molar-refractivity contribution in [3.05, 3.63) is 33.8 Å². The number of halogens is 1. The van der Waals surface area contributed by atoms with Crippen molar-refractivity contribution in [2.75, 3.05) is 6.54 Å². The summed E-state index contributed by atoms with van der Waals surface area (Å²) in [6.45, 7) is 3.08. The van der Waals surface area contributed by atoms with Gasteiger partial charge in [0.25, 0.3) is 0 Å². The van der Waals surface area contributed by atoms with Crippen molar-refractivity contribution in [2.24, 2.45) is 0 Å². The molecule has 3 heteroatoms. The van der Waals surface area contributed by atoms with Crippen LogP contribution in [0.5, 0.6) is 0 Å². The van der Waals surface area contributed by atoms with Crippen LogP contribution in [0.4, 0.5) is 0 Å². The third-order valence-corrected chi connectivity index (χ3v) is 4.39. The largest absolute Gasteiger partial charge is 0.387 e. The van der Waals surface area contributed by atoms with Gasteiger partial charge in [0, 0.05) is 10.5 Å². The molecule has 0 spiro atoms. The molecule has 0 radical (unpaired) electrons. The third-order valence-electron chi connectivity index (χ3n) is 3.50. The van der Waals surface area contributed by atoms with Gasteiger partial charge in [-0.05, 0) is 43.5 Å². The van der Waals surface area contributed by atoms with Crippen molar-refractivity contribution in [1.29, 1.82) is 0 Å². The second-order valence-electron chi connectivity index (χ2n) is 4.86. The van der Waals surface area contributed by atoms with E-state index in [4.69, 9.17) is 0 Å². The Balaban J connectivity index is 2.11. The fourth-order valence-electron chi connectivity index (χ4n) is 2.41.